The van der Waals surface area contributed by atoms with Crippen molar-refractivity contribution < 1.29 is 14.6 Å². The lowest BCUT2D eigenvalue weighted by molar-refractivity contribution is -0.129. The van der Waals surface area contributed by atoms with Crippen molar-refractivity contribution in [1.82, 2.24) is 4.98 Å². The van der Waals surface area contributed by atoms with Gasteiger partial charge in [0.05, 0.1) is 7.11 Å². The summed E-state index contributed by atoms with van der Waals surface area (Å²) in [6, 6.07) is 2.03. The lowest BCUT2D eigenvalue weighted by Gasteiger charge is -2.25. The van der Waals surface area contributed by atoms with Gasteiger partial charge in [0.25, 0.3) is 0 Å². The fourth-order valence-electron chi connectivity index (χ4n) is 2.33. The molecule has 1 fully saturated rings. The van der Waals surface area contributed by atoms with Crippen LogP contribution in [0.4, 0.5) is 0 Å². The molecule has 92 valence electrons. The highest BCUT2D eigenvalue weighted by atomic mass is 16.5. The van der Waals surface area contributed by atoms with Gasteiger partial charge in [0, 0.05) is 18.2 Å². The Kier molecular flexibility index (Phi) is 3.43. The number of rotatable bonds is 2. The van der Waals surface area contributed by atoms with E-state index in [9.17, 15) is 9.90 Å². The minimum atomic E-state index is -0.809. The van der Waals surface area contributed by atoms with Gasteiger partial charge in [-0.1, -0.05) is 0 Å². The van der Waals surface area contributed by atoms with Crippen molar-refractivity contribution in [3.63, 3.8) is 0 Å². The summed E-state index contributed by atoms with van der Waals surface area (Å²) in [6.45, 7) is 1.94. The first-order valence-electron chi connectivity index (χ1n) is 5.83. The van der Waals surface area contributed by atoms with E-state index >= 15 is 0 Å². The van der Waals surface area contributed by atoms with E-state index in [1.165, 1.54) is 0 Å². The van der Waals surface area contributed by atoms with Crippen molar-refractivity contribution in [2.75, 3.05) is 7.11 Å². The van der Waals surface area contributed by atoms with Gasteiger partial charge in [-0.2, -0.15) is 0 Å². The predicted octanol–water partition coefficient (Wildman–Crippen LogP) is 1.60. The molecule has 0 bridgehead atoms. The fraction of sp³-hybridized carbons (Fsp3) is 0.538. The average molecular weight is 235 g/mol. The molecule has 1 heterocycles. The van der Waals surface area contributed by atoms with Crippen LogP contribution in [0, 0.1) is 6.92 Å². The van der Waals surface area contributed by atoms with Crippen molar-refractivity contribution in [1.29, 1.82) is 0 Å². The van der Waals surface area contributed by atoms with E-state index in [4.69, 9.17) is 4.74 Å². The smallest absolute Gasteiger partial charge is 0.215 e. The molecule has 4 heteroatoms. The predicted molar refractivity (Wildman–Crippen MR) is 63.1 cm³/mol. The highest BCUT2D eigenvalue weighted by molar-refractivity contribution is 5.83. The molecular formula is C13H17NO3. The highest BCUT2D eigenvalue weighted by Crippen LogP contribution is 2.32. The van der Waals surface area contributed by atoms with Crippen molar-refractivity contribution in [2.24, 2.45) is 0 Å². The van der Waals surface area contributed by atoms with E-state index in [1.807, 2.05) is 13.0 Å². The number of aromatic nitrogens is 1. The number of hydrogen-bond acceptors (Lipinski definition) is 4. The van der Waals surface area contributed by atoms with Crippen LogP contribution < -0.4 is 4.74 Å². The number of aliphatic hydroxyl groups excluding tert-OH is 1. The number of Topliss-reactive ketones (excluding diaryl/α,β-unsaturated/α-hetero) is 1. The van der Waals surface area contributed by atoms with Gasteiger partial charge in [0.15, 0.2) is 5.78 Å². The maximum absolute atomic E-state index is 11.3. The summed E-state index contributed by atoms with van der Waals surface area (Å²) < 4.78 is 5.11. The van der Waals surface area contributed by atoms with Gasteiger partial charge in [0.1, 0.15) is 6.10 Å². The zero-order chi connectivity index (χ0) is 12.4. The van der Waals surface area contributed by atoms with Gasteiger partial charge < -0.3 is 9.84 Å². The van der Waals surface area contributed by atoms with Crippen LogP contribution in [0.5, 0.6) is 5.88 Å². The number of hydrogen-bond donors (Lipinski definition) is 1. The molecule has 0 radical (unpaired) electrons. The molecule has 4 nitrogen and oxygen atoms in total. The second kappa shape index (κ2) is 4.84. The van der Waals surface area contributed by atoms with Gasteiger partial charge >= 0.3 is 0 Å². The largest absolute Gasteiger partial charge is 0.481 e. The molecule has 0 aliphatic heterocycles. The molecule has 0 amide bonds. The normalized spacial score (nSPS) is 24.8. The summed E-state index contributed by atoms with van der Waals surface area (Å²) in [5.41, 5.74) is 2.06. The summed E-state index contributed by atoms with van der Waals surface area (Å²) in [6.07, 6.45) is 2.72. The van der Waals surface area contributed by atoms with Crippen LogP contribution in [-0.2, 0) is 4.79 Å². The quantitative estimate of drug-likeness (QED) is 0.845. The molecule has 2 atom stereocenters. The second-order valence-electron chi connectivity index (χ2n) is 4.55. The molecule has 1 aromatic rings. The summed E-state index contributed by atoms with van der Waals surface area (Å²) in [5, 5.41) is 9.58. The Hall–Kier alpha value is -1.42. The topological polar surface area (TPSA) is 59.4 Å². The number of pyridine rings is 1. The van der Waals surface area contributed by atoms with Gasteiger partial charge in [-0.15, -0.1) is 0 Å². The molecule has 1 aliphatic rings. The molecule has 0 saturated heterocycles. The molecule has 0 spiro atoms. The minimum absolute atomic E-state index is 0.0422. The Labute approximate surface area is 101 Å². The molecule has 1 aromatic heterocycles. The number of ether oxygens (including phenoxy) is 1. The maximum Gasteiger partial charge on any atom is 0.215 e. The molecule has 1 saturated carbocycles. The third-order valence-electron chi connectivity index (χ3n) is 3.33. The monoisotopic (exact) mass is 235 g/mol. The lowest BCUT2D eigenvalue weighted by Crippen LogP contribution is -2.28. The number of aliphatic hydroxyl groups is 1. The summed E-state index contributed by atoms with van der Waals surface area (Å²) in [7, 11) is 1.60. The molecule has 2 rings (SSSR count). The van der Waals surface area contributed by atoms with E-state index < -0.39 is 6.10 Å². The minimum Gasteiger partial charge on any atom is -0.481 e. The van der Waals surface area contributed by atoms with E-state index in [2.05, 4.69) is 4.98 Å². The van der Waals surface area contributed by atoms with Crippen LogP contribution in [0.25, 0.3) is 0 Å². The zero-order valence-corrected chi connectivity index (χ0v) is 10.1. The first kappa shape index (κ1) is 12.0. The molecule has 1 N–H and O–H groups in total. The molecular weight excluding hydrogens is 218 g/mol. The first-order chi connectivity index (χ1) is 8.11. The van der Waals surface area contributed by atoms with Crippen molar-refractivity contribution in [2.45, 2.75) is 38.2 Å². The number of methoxy groups -OCH3 is 1. The molecule has 1 aliphatic carbocycles. The van der Waals surface area contributed by atoms with Crippen LogP contribution in [0.15, 0.2) is 12.3 Å². The van der Waals surface area contributed by atoms with E-state index in [0.29, 0.717) is 18.7 Å². The number of nitrogens with zero attached hydrogens (tertiary/aromatic N) is 1. The summed E-state index contributed by atoms with van der Waals surface area (Å²) in [4.78, 5) is 15.5. The Morgan fingerprint density at radius 3 is 2.88 bits per heavy atom. The lowest BCUT2D eigenvalue weighted by atomic mass is 9.82. The van der Waals surface area contributed by atoms with Crippen LogP contribution in [-0.4, -0.2) is 29.1 Å². The Morgan fingerprint density at radius 1 is 1.53 bits per heavy atom. The van der Waals surface area contributed by atoms with E-state index in [-0.39, 0.29) is 11.7 Å². The summed E-state index contributed by atoms with van der Waals surface area (Å²) >= 11 is 0. The van der Waals surface area contributed by atoms with Crippen LogP contribution in [0.3, 0.4) is 0 Å². The van der Waals surface area contributed by atoms with Crippen LogP contribution in [0.2, 0.25) is 0 Å². The van der Waals surface area contributed by atoms with Gasteiger partial charge in [-0.05, 0) is 37.3 Å². The van der Waals surface area contributed by atoms with Gasteiger partial charge in [0.2, 0.25) is 5.88 Å². The second-order valence-corrected chi connectivity index (χ2v) is 4.55. The number of ketones is 1. The number of aryl methyl sites for hydroxylation is 1. The van der Waals surface area contributed by atoms with E-state index in [1.54, 1.807) is 13.3 Å². The van der Waals surface area contributed by atoms with Gasteiger partial charge in [-0.25, -0.2) is 4.98 Å². The average Bonchev–Trinajstić information content (AvgIpc) is 2.32. The van der Waals surface area contributed by atoms with Crippen LogP contribution in [0.1, 0.15) is 36.3 Å². The first-order valence-corrected chi connectivity index (χ1v) is 5.83. The fourth-order valence-corrected chi connectivity index (χ4v) is 2.33. The maximum atomic E-state index is 11.3. The molecule has 2 unspecified atom stereocenters. The molecule has 17 heavy (non-hydrogen) atoms. The standard InChI is InChI=1S/C13H17NO3/c1-8-5-10(7-14-13(8)17-2)9-3-4-11(15)12(16)6-9/h5,7,9,12,16H,3-4,6H2,1-2H3. The summed E-state index contributed by atoms with van der Waals surface area (Å²) in [5.74, 6) is 0.806. The Balaban J connectivity index is 2.18. The number of carbonyl (C=O) groups excluding carboxylic acids is 1. The Bertz CT molecular complexity index is 431. The SMILES string of the molecule is COc1ncc(C2CCC(=O)C(O)C2)cc1C. The number of carbonyl (C=O) groups is 1. The van der Waals surface area contributed by atoms with E-state index in [0.717, 1.165) is 17.5 Å². The Morgan fingerprint density at radius 2 is 2.29 bits per heavy atom. The van der Waals surface area contributed by atoms with Crippen molar-refractivity contribution in [3.05, 3.63) is 23.4 Å². The van der Waals surface area contributed by atoms with Crippen LogP contribution >= 0.6 is 0 Å². The zero-order valence-electron chi connectivity index (χ0n) is 10.1. The third-order valence-corrected chi connectivity index (χ3v) is 3.33. The van der Waals surface area contributed by atoms with Gasteiger partial charge in [-0.3, -0.25) is 4.79 Å². The van der Waals surface area contributed by atoms with Crippen molar-refractivity contribution >= 4 is 5.78 Å². The van der Waals surface area contributed by atoms with Crippen molar-refractivity contribution in [3.8, 4) is 5.88 Å². The molecule has 0 aromatic carbocycles. The third kappa shape index (κ3) is 2.47. The highest BCUT2D eigenvalue weighted by Gasteiger charge is 2.28.